The third-order valence-corrected chi connectivity index (χ3v) is 2.88. The number of amides is 1. The molecule has 0 atom stereocenters. The highest BCUT2D eigenvalue weighted by molar-refractivity contribution is 5.79. The molecular weight excluding hydrogens is 242 g/mol. The van der Waals surface area contributed by atoms with E-state index >= 15 is 0 Å². The number of methoxy groups -OCH3 is 1. The lowest BCUT2D eigenvalue weighted by atomic mass is 10.1. The predicted molar refractivity (Wildman–Crippen MR) is 77.2 cm³/mol. The van der Waals surface area contributed by atoms with E-state index in [-0.39, 0.29) is 12.5 Å². The Morgan fingerprint density at radius 1 is 1.47 bits per heavy atom. The number of carbonyl (C=O) groups is 1. The van der Waals surface area contributed by atoms with E-state index < -0.39 is 0 Å². The van der Waals surface area contributed by atoms with Crippen molar-refractivity contribution in [3.63, 3.8) is 0 Å². The van der Waals surface area contributed by atoms with E-state index in [0.29, 0.717) is 6.61 Å². The van der Waals surface area contributed by atoms with Crippen LogP contribution in [0.3, 0.4) is 0 Å². The van der Waals surface area contributed by atoms with Gasteiger partial charge in [0.1, 0.15) is 0 Å². The van der Waals surface area contributed by atoms with Crippen molar-refractivity contribution in [1.29, 1.82) is 0 Å². The molecule has 5 nitrogen and oxygen atoms in total. The molecule has 106 valence electrons. The van der Waals surface area contributed by atoms with Gasteiger partial charge in [0, 0.05) is 32.9 Å². The topological polar surface area (TPSA) is 67.6 Å². The Morgan fingerprint density at radius 3 is 2.79 bits per heavy atom. The number of nitrogens with one attached hydrogen (secondary N) is 1. The van der Waals surface area contributed by atoms with Crippen molar-refractivity contribution in [3.05, 3.63) is 29.3 Å². The molecular formula is C14H23N3O2. The summed E-state index contributed by atoms with van der Waals surface area (Å²) in [5.74, 6) is -0.327. The fraction of sp³-hybridized carbons (Fsp3) is 0.500. The number of aryl methyl sites for hydroxylation is 1. The Balaban J connectivity index is 2.61. The zero-order valence-electron chi connectivity index (χ0n) is 11.9. The van der Waals surface area contributed by atoms with Gasteiger partial charge in [-0.05, 0) is 24.1 Å². The van der Waals surface area contributed by atoms with Crippen molar-refractivity contribution in [3.8, 4) is 0 Å². The predicted octanol–water partition coefficient (Wildman–Crippen LogP) is 0.653. The first-order valence-corrected chi connectivity index (χ1v) is 6.33. The summed E-state index contributed by atoms with van der Waals surface area (Å²) in [5.41, 5.74) is 8.58. The lowest BCUT2D eigenvalue weighted by Gasteiger charge is -2.20. The SMILES string of the molecule is COCCNCc1ccc(N(C)CC(N)=O)c(C)c1. The average molecular weight is 265 g/mol. The molecule has 1 aromatic rings. The van der Waals surface area contributed by atoms with Gasteiger partial charge in [-0.3, -0.25) is 4.79 Å². The average Bonchev–Trinajstić information content (AvgIpc) is 2.33. The summed E-state index contributed by atoms with van der Waals surface area (Å²) >= 11 is 0. The summed E-state index contributed by atoms with van der Waals surface area (Å²) in [6, 6.07) is 6.19. The van der Waals surface area contributed by atoms with Crippen LogP contribution in [0, 0.1) is 6.92 Å². The maximum Gasteiger partial charge on any atom is 0.236 e. The van der Waals surface area contributed by atoms with E-state index in [4.69, 9.17) is 10.5 Å². The highest BCUT2D eigenvalue weighted by Crippen LogP contribution is 2.19. The van der Waals surface area contributed by atoms with Gasteiger partial charge in [0.25, 0.3) is 0 Å². The second-order valence-corrected chi connectivity index (χ2v) is 4.61. The summed E-state index contributed by atoms with van der Waals surface area (Å²) in [4.78, 5) is 12.8. The number of ether oxygens (including phenoxy) is 1. The van der Waals surface area contributed by atoms with Gasteiger partial charge in [-0.2, -0.15) is 0 Å². The van der Waals surface area contributed by atoms with Crippen molar-refractivity contribution in [2.24, 2.45) is 5.73 Å². The monoisotopic (exact) mass is 265 g/mol. The van der Waals surface area contributed by atoms with Gasteiger partial charge in [0.15, 0.2) is 0 Å². The van der Waals surface area contributed by atoms with Gasteiger partial charge in [-0.15, -0.1) is 0 Å². The first-order valence-electron chi connectivity index (χ1n) is 6.33. The Kier molecular flexibility index (Phi) is 6.32. The van der Waals surface area contributed by atoms with Crippen LogP contribution in [0.2, 0.25) is 0 Å². The lowest BCUT2D eigenvalue weighted by molar-refractivity contribution is -0.116. The van der Waals surface area contributed by atoms with Crippen molar-refractivity contribution in [2.75, 3.05) is 38.8 Å². The van der Waals surface area contributed by atoms with Crippen molar-refractivity contribution in [2.45, 2.75) is 13.5 Å². The smallest absolute Gasteiger partial charge is 0.236 e. The Labute approximate surface area is 114 Å². The molecule has 0 saturated carbocycles. The summed E-state index contributed by atoms with van der Waals surface area (Å²) in [7, 11) is 3.55. The van der Waals surface area contributed by atoms with Crippen LogP contribution in [0.25, 0.3) is 0 Å². The van der Waals surface area contributed by atoms with E-state index in [1.54, 1.807) is 7.11 Å². The molecule has 0 spiro atoms. The van der Waals surface area contributed by atoms with Crippen molar-refractivity contribution in [1.82, 2.24) is 5.32 Å². The molecule has 1 amide bonds. The molecule has 5 heteroatoms. The van der Waals surface area contributed by atoms with Crippen LogP contribution in [0.5, 0.6) is 0 Å². The molecule has 0 aliphatic rings. The number of primary amides is 1. The number of benzene rings is 1. The molecule has 1 aromatic carbocycles. The molecule has 1 rings (SSSR count). The lowest BCUT2D eigenvalue weighted by Crippen LogP contribution is -2.30. The minimum atomic E-state index is -0.327. The van der Waals surface area contributed by atoms with Gasteiger partial charge in [0.05, 0.1) is 13.2 Å². The van der Waals surface area contributed by atoms with Gasteiger partial charge < -0.3 is 20.7 Å². The third-order valence-electron chi connectivity index (χ3n) is 2.88. The fourth-order valence-electron chi connectivity index (χ4n) is 1.98. The van der Waals surface area contributed by atoms with E-state index in [0.717, 1.165) is 24.3 Å². The van der Waals surface area contributed by atoms with E-state index in [2.05, 4.69) is 17.4 Å². The highest BCUT2D eigenvalue weighted by atomic mass is 16.5. The second kappa shape index (κ2) is 7.76. The fourth-order valence-corrected chi connectivity index (χ4v) is 1.98. The number of rotatable bonds is 8. The van der Waals surface area contributed by atoms with Crippen LogP contribution in [0.4, 0.5) is 5.69 Å². The van der Waals surface area contributed by atoms with Crippen LogP contribution >= 0.6 is 0 Å². The second-order valence-electron chi connectivity index (χ2n) is 4.61. The summed E-state index contributed by atoms with van der Waals surface area (Å²) < 4.78 is 4.98. The summed E-state index contributed by atoms with van der Waals surface area (Å²) in [5, 5.41) is 3.30. The number of carbonyl (C=O) groups excluding carboxylic acids is 1. The Hall–Kier alpha value is -1.59. The number of hydrogen-bond donors (Lipinski definition) is 2. The van der Waals surface area contributed by atoms with Crippen molar-refractivity contribution < 1.29 is 9.53 Å². The maximum atomic E-state index is 10.9. The molecule has 0 radical (unpaired) electrons. The third kappa shape index (κ3) is 5.28. The largest absolute Gasteiger partial charge is 0.383 e. The number of hydrogen-bond acceptors (Lipinski definition) is 4. The molecule has 0 saturated heterocycles. The quantitative estimate of drug-likeness (QED) is 0.677. The number of nitrogens with zero attached hydrogens (tertiary/aromatic N) is 1. The standard InChI is InChI=1S/C14H23N3O2/c1-11-8-12(9-16-6-7-19-3)4-5-13(11)17(2)10-14(15)18/h4-5,8,16H,6-7,9-10H2,1-3H3,(H2,15,18). The molecule has 0 aliphatic carbocycles. The minimum Gasteiger partial charge on any atom is -0.383 e. The number of likely N-dealkylation sites (N-methyl/N-ethyl adjacent to an activating group) is 1. The molecule has 0 fully saturated rings. The molecule has 19 heavy (non-hydrogen) atoms. The Morgan fingerprint density at radius 2 is 2.21 bits per heavy atom. The van der Waals surface area contributed by atoms with Gasteiger partial charge >= 0.3 is 0 Å². The number of anilines is 1. The highest BCUT2D eigenvalue weighted by Gasteiger charge is 2.07. The molecule has 0 aromatic heterocycles. The molecule has 3 N–H and O–H groups in total. The van der Waals surface area contributed by atoms with Crippen LogP contribution in [0.1, 0.15) is 11.1 Å². The first-order chi connectivity index (χ1) is 9.04. The Bertz CT molecular complexity index is 421. The van der Waals surface area contributed by atoms with E-state index in [1.807, 2.05) is 24.9 Å². The van der Waals surface area contributed by atoms with E-state index in [9.17, 15) is 4.79 Å². The maximum absolute atomic E-state index is 10.9. The van der Waals surface area contributed by atoms with Gasteiger partial charge in [-0.25, -0.2) is 0 Å². The summed E-state index contributed by atoms with van der Waals surface area (Å²) in [6.07, 6.45) is 0. The zero-order chi connectivity index (χ0) is 14.3. The molecule has 0 bridgehead atoms. The van der Waals surface area contributed by atoms with Crippen LogP contribution in [-0.2, 0) is 16.1 Å². The van der Waals surface area contributed by atoms with Crippen molar-refractivity contribution >= 4 is 11.6 Å². The normalized spacial score (nSPS) is 10.5. The first kappa shape index (κ1) is 15.5. The van der Waals surface area contributed by atoms with Gasteiger partial charge in [0.2, 0.25) is 5.91 Å². The number of nitrogens with two attached hydrogens (primary N) is 1. The molecule has 0 unspecified atom stereocenters. The van der Waals surface area contributed by atoms with E-state index in [1.165, 1.54) is 5.56 Å². The molecule has 0 aliphatic heterocycles. The minimum absolute atomic E-state index is 0.228. The molecule has 0 heterocycles. The van der Waals surface area contributed by atoms with Crippen LogP contribution in [-0.4, -0.2) is 39.8 Å². The van der Waals surface area contributed by atoms with Crippen LogP contribution < -0.4 is 16.0 Å². The zero-order valence-corrected chi connectivity index (χ0v) is 11.9. The van der Waals surface area contributed by atoms with Crippen LogP contribution in [0.15, 0.2) is 18.2 Å². The van der Waals surface area contributed by atoms with Gasteiger partial charge in [-0.1, -0.05) is 12.1 Å². The summed E-state index contributed by atoms with van der Waals surface area (Å²) in [6.45, 7) is 4.61.